The third-order valence-electron chi connectivity index (χ3n) is 13.1. The highest BCUT2D eigenvalue weighted by Gasteiger charge is 2.19. The molecular weight excluding hydrogens is 781 g/mol. The Balaban J connectivity index is 4.22. The van der Waals surface area contributed by atoms with Gasteiger partial charge in [0.2, 0.25) is 0 Å². The standard InChI is InChI=1S/C57H110O6/c1-4-7-10-13-16-19-22-24-26-28-29-30-32-33-35-38-41-44-47-50-56(59)62-53-54(52-61-55(58)49-46-43-40-37-21-18-15-12-9-6-3)63-57(60)51-48-45-42-39-36-34-31-27-25-23-20-17-14-11-8-5-2/h54H,4-53H2,1-3H3. The summed E-state index contributed by atoms with van der Waals surface area (Å²) >= 11 is 0. The largest absolute Gasteiger partial charge is 0.462 e. The summed E-state index contributed by atoms with van der Waals surface area (Å²) in [6, 6.07) is 0. The van der Waals surface area contributed by atoms with Gasteiger partial charge >= 0.3 is 17.9 Å². The quantitative estimate of drug-likeness (QED) is 0.0344. The summed E-state index contributed by atoms with van der Waals surface area (Å²) in [4.78, 5) is 38.0. The Morgan fingerprint density at radius 3 is 0.635 bits per heavy atom. The van der Waals surface area contributed by atoms with Crippen molar-refractivity contribution in [3.8, 4) is 0 Å². The number of hydrogen-bond donors (Lipinski definition) is 0. The number of carbonyl (C=O) groups excluding carboxylic acids is 3. The highest BCUT2D eigenvalue weighted by molar-refractivity contribution is 5.71. The topological polar surface area (TPSA) is 78.9 Å². The molecule has 1 unspecified atom stereocenters. The molecule has 0 fully saturated rings. The number of rotatable bonds is 53. The predicted octanol–water partition coefficient (Wildman–Crippen LogP) is 18.8. The van der Waals surface area contributed by atoms with E-state index in [1.165, 1.54) is 231 Å². The fourth-order valence-corrected chi connectivity index (χ4v) is 8.80. The molecule has 0 aliphatic heterocycles. The van der Waals surface area contributed by atoms with Crippen LogP contribution in [0.15, 0.2) is 0 Å². The fourth-order valence-electron chi connectivity index (χ4n) is 8.80. The summed E-state index contributed by atoms with van der Waals surface area (Å²) in [5.41, 5.74) is 0. The molecule has 0 aromatic carbocycles. The molecule has 0 aromatic heterocycles. The van der Waals surface area contributed by atoms with Crippen LogP contribution in [0.5, 0.6) is 0 Å². The third-order valence-corrected chi connectivity index (χ3v) is 13.1. The zero-order valence-electron chi connectivity index (χ0n) is 42.9. The van der Waals surface area contributed by atoms with Crippen LogP contribution < -0.4 is 0 Å². The van der Waals surface area contributed by atoms with Crippen LogP contribution in [0.3, 0.4) is 0 Å². The minimum absolute atomic E-state index is 0.0613. The van der Waals surface area contributed by atoms with E-state index in [9.17, 15) is 14.4 Å². The summed E-state index contributed by atoms with van der Waals surface area (Å²) in [6.45, 7) is 6.69. The molecule has 0 amide bonds. The summed E-state index contributed by atoms with van der Waals surface area (Å²) in [5, 5.41) is 0. The molecule has 374 valence electrons. The van der Waals surface area contributed by atoms with Crippen LogP contribution in [0, 0.1) is 0 Å². The first-order valence-electron chi connectivity index (χ1n) is 28.5. The van der Waals surface area contributed by atoms with Gasteiger partial charge in [-0.15, -0.1) is 0 Å². The molecule has 1 atom stereocenters. The molecule has 0 bridgehead atoms. The maximum absolute atomic E-state index is 12.8. The van der Waals surface area contributed by atoms with Crippen molar-refractivity contribution >= 4 is 17.9 Å². The lowest BCUT2D eigenvalue weighted by atomic mass is 10.0. The van der Waals surface area contributed by atoms with E-state index in [2.05, 4.69) is 20.8 Å². The minimum atomic E-state index is -0.760. The van der Waals surface area contributed by atoms with Gasteiger partial charge in [0.05, 0.1) is 0 Å². The van der Waals surface area contributed by atoms with Crippen LogP contribution >= 0.6 is 0 Å². The van der Waals surface area contributed by atoms with Crippen molar-refractivity contribution in [3.05, 3.63) is 0 Å². The van der Waals surface area contributed by atoms with Gasteiger partial charge in [0.15, 0.2) is 6.10 Å². The van der Waals surface area contributed by atoms with Crippen molar-refractivity contribution < 1.29 is 28.6 Å². The van der Waals surface area contributed by atoms with Crippen LogP contribution in [0.1, 0.15) is 329 Å². The molecule has 6 heteroatoms. The molecule has 0 saturated heterocycles. The number of hydrogen-bond acceptors (Lipinski definition) is 6. The van der Waals surface area contributed by atoms with Crippen molar-refractivity contribution in [1.82, 2.24) is 0 Å². The second kappa shape index (κ2) is 53.0. The van der Waals surface area contributed by atoms with E-state index in [1.807, 2.05) is 0 Å². The monoisotopic (exact) mass is 891 g/mol. The molecular formula is C57H110O6. The Morgan fingerprint density at radius 2 is 0.429 bits per heavy atom. The molecule has 6 nitrogen and oxygen atoms in total. The zero-order chi connectivity index (χ0) is 45.8. The first-order chi connectivity index (χ1) is 31.0. The van der Waals surface area contributed by atoms with Crippen molar-refractivity contribution in [3.63, 3.8) is 0 Å². The summed E-state index contributed by atoms with van der Waals surface area (Å²) in [7, 11) is 0. The molecule has 0 aliphatic carbocycles. The van der Waals surface area contributed by atoms with Crippen molar-refractivity contribution in [2.75, 3.05) is 13.2 Å². The molecule has 0 spiro atoms. The van der Waals surface area contributed by atoms with Crippen LogP contribution in [-0.4, -0.2) is 37.2 Å². The van der Waals surface area contributed by atoms with E-state index in [-0.39, 0.29) is 31.1 Å². The first-order valence-corrected chi connectivity index (χ1v) is 28.5. The minimum Gasteiger partial charge on any atom is -0.462 e. The Bertz CT molecular complexity index is 936. The Labute approximate surface area is 393 Å². The smallest absolute Gasteiger partial charge is 0.306 e. The van der Waals surface area contributed by atoms with E-state index in [1.54, 1.807) is 0 Å². The van der Waals surface area contributed by atoms with Gasteiger partial charge in [0, 0.05) is 19.3 Å². The highest BCUT2D eigenvalue weighted by atomic mass is 16.6. The van der Waals surface area contributed by atoms with Crippen LogP contribution in [0.25, 0.3) is 0 Å². The molecule has 0 aromatic rings. The average Bonchev–Trinajstić information content (AvgIpc) is 3.28. The van der Waals surface area contributed by atoms with Gasteiger partial charge in [-0.05, 0) is 19.3 Å². The fraction of sp³-hybridized carbons (Fsp3) is 0.947. The first kappa shape index (κ1) is 61.4. The molecule has 0 N–H and O–H groups in total. The number of ether oxygens (including phenoxy) is 3. The maximum Gasteiger partial charge on any atom is 0.306 e. The molecule has 0 saturated carbocycles. The van der Waals surface area contributed by atoms with Crippen molar-refractivity contribution in [2.24, 2.45) is 0 Å². The summed E-state index contributed by atoms with van der Waals surface area (Å²) < 4.78 is 16.9. The Morgan fingerprint density at radius 1 is 0.254 bits per heavy atom. The lowest BCUT2D eigenvalue weighted by Gasteiger charge is -2.18. The van der Waals surface area contributed by atoms with Gasteiger partial charge in [-0.1, -0.05) is 290 Å². The highest BCUT2D eigenvalue weighted by Crippen LogP contribution is 2.18. The van der Waals surface area contributed by atoms with Gasteiger partial charge in [0.1, 0.15) is 13.2 Å². The maximum atomic E-state index is 12.8. The van der Waals surface area contributed by atoms with E-state index in [0.717, 1.165) is 57.8 Å². The van der Waals surface area contributed by atoms with Crippen LogP contribution in [0.4, 0.5) is 0 Å². The van der Waals surface area contributed by atoms with Gasteiger partial charge in [0.25, 0.3) is 0 Å². The van der Waals surface area contributed by atoms with E-state index in [0.29, 0.717) is 19.3 Å². The Hall–Kier alpha value is -1.59. The van der Waals surface area contributed by atoms with E-state index >= 15 is 0 Å². The molecule has 0 rings (SSSR count). The number of unbranched alkanes of at least 4 members (excludes halogenated alkanes) is 42. The Kier molecular flexibility index (Phi) is 51.7. The van der Waals surface area contributed by atoms with Gasteiger partial charge in [-0.25, -0.2) is 0 Å². The van der Waals surface area contributed by atoms with Gasteiger partial charge < -0.3 is 14.2 Å². The normalized spacial score (nSPS) is 11.9. The lowest BCUT2D eigenvalue weighted by Crippen LogP contribution is -2.30. The SMILES string of the molecule is CCCCCCCCCCCCCCCCCCCCCC(=O)OCC(COC(=O)CCCCCCCCCCCC)OC(=O)CCCCCCCCCCCCCCCCCC. The zero-order valence-corrected chi connectivity index (χ0v) is 42.9. The summed E-state index contributed by atoms with van der Waals surface area (Å²) in [5.74, 6) is -0.836. The molecule has 63 heavy (non-hydrogen) atoms. The van der Waals surface area contributed by atoms with Crippen LogP contribution in [-0.2, 0) is 28.6 Å². The lowest BCUT2D eigenvalue weighted by molar-refractivity contribution is -0.167. The second-order valence-electron chi connectivity index (χ2n) is 19.6. The van der Waals surface area contributed by atoms with Crippen molar-refractivity contribution in [1.29, 1.82) is 0 Å². The molecule has 0 heterocycles. The van der Waals surface area contributed by atoms with Gasteiger partial charge in [-0.2, -0.15) is 0 Å². The van der Waals surface area contributed by atoms with E-state index < -0.39 is 6.10 Å². The molecule has 0 radical (unpaired) electrons. The predicted molar refractivity (Wildman–Crippen MR) is 270 cm³/mol. The van der Waals surface area contributed by atoms with Crippen molar-refractivity contribution in [2.45, 2.75) is 335 Å². The van der Waals surface area contributed by atoms with E-state index in [4.69, 9.17) is 14.2 Å². The molecule has 0 aliphatic rings. The van der Waals surface area contributed by atoms with Crippen LogP contribution in [0.2, 0.25) is 0 Å². The summed E-state index contributed by atoms with van der Waals surface area (Å²) in [6.07, 6.45) is 58.1. The number of carbonyl (C=O) groups is 3. The van der Waals surface area contributed by atoms with Gasteiger partial charge in [-0.3, -0.25) is 14.4 Å². The second-order valence-corrected chi connectivity index (χ2v) is 19.6. The number of esters is 3. The average molecular weight is 892 g/mol. The third kappa shape index (κ3) is 51.3.